The number of hydrogen-bond acceptors (Lipinski definition) is 4. The van der Waals surface area contributed by atoms with Crippen LogP contribution in [0.2, 0.25) is 0 Å². The minimum absolute atomic E-state index is 0.0249. The van der Waals surface area contributed by atoms with Gasteiger partial charge in [-0.25, -0.2) is 17.5 Å². The molecule has 5 nitrogen and oxygen atoms in total. The van der Waals surface area contributed by atoms with Crippen molar-refractivity contribution >= 4 is 10.0 Å². The largest absolute Gasteiger partial charge is 0.494 e. The molecule has 1 N–H and O–H groups in total. The van der Waals surface area contributed by atoms with Crippen molar-refractivity contribution in [2.75, 3.05) is 13.7 Å². The zero-order chi connectivity index (χ0) is 14.3. The van der Waals surface area contributed by atoms with E-state index in [-0.39, 0.29) is 28.7 Å². The van der Waals surface area contributed by atoms with Crippen molar-refractivity contribution in [1.82, 2.24) is 4.72 Å². The molecule has 0 radical (unpaired) electrons. The van der Waals surface area contributed by atoms with Gasteiger partial charge in [-0.05, 0) is 31.0 Å². The SMILES string of the molecule is COc1ccc(S(=O)(=O)N[C@H]2C[C@@H]3OCC[C@H]23)cc1F. The lowest BCUT2D eigenvalue weighted by molar-refractivity contribution is 0.0143. The summed E-state index contributed by atoms with van der Waals surface area (Å²) in [4.78, 5) is -0.0850. The van der Waals surface area contributed by atoms with E-state index in [1.807, 2.05) is 0 Å². The molecular weight excluding hydrogens is 285 g/mol. The number of methoxy groups -OCH3 is 1. The van der Waals surface area contributed by atoms with Gasteiger partial charge in [0.2, 0.25) is 10.0 Å². The molecule has 3 atom stereocenters. The van der Waals surface area contributed by atoms with Crippen LogP contribution >= 0.6 is 0 Å². The maximum atomic E-state index is 13.6. The van der Waals surface area contributed by atoms with Gasteiger partial charge in [0.05, 0.1) is 18.1 Å². The molecule has 0 unspecified atom stereocenters. The van der Waals surface area contributed by atoms with Crippen LogP contribution in [-0.2, 0) is 14.8 Å². The van der Waals surface area contributed by atoms with Gasteiger partial charge in [0.1, 0.15) is 0 Å². The van der Waals surface area contributed by atoms with Gasteiger partial charge in [0, 0.05) is 18.6 Å². The van der Waals surface area contributed by atoms with Crippen LogP contribution in [-0.4, -0.2) is 34.3 Å². The Morgan fingerprint density at radius 3 is 2.90 bits per heavy atom. The number of halogens is 1. The Morgan fingerprint density at radius 1 is 1.45 bits per heavy atom. The molecule has 0 aromatic heterocycles. The average molecular weight is 301 g/mol. The minimum Gasteiger partial charge on any atom is -0.494 e. The molecule has 1 aliphatic carbocycles. The van der Waals surface area contributed by atoms with Crippen molar-refractivity contribution in [3.63, 3.8) is 0 Å². The molecular formula is C13H16FNO4S. The summed E-state index contributed by atoms with van der Waals surface area (Å²) in [5, 5.41) is 0. The molecule has 20 heavy (non-hydrogen) atoms. The summed E-state index contributed by atoms with van der Waals surface area (Å²) in [6.45, 7) is 0.685. The summed E-state index contributed by atoms with van der Waals surface area (Å²) < 4.78 is 50.9. The molecule has 7 heteroatoms. The molecule has 0 amide bonds. The van der Waals surface area contributed by atoms with E-state index in [9.17, 15) is 12.8 Å². The summed E-state index contributed by atoms with van der Waals surface area (Å²) in [6.07, 6.45) is 1.73. The Balaban J connectivity index is 1.76. The summed E-state index contributed by atoms with van der Waals surface area (Å²) >= 11 is 0. The summed E-state index contributed by atoms with van der Waals surface area (Å²) in [5.74, 6) is -0.421. The lowest BCUT2D eigenvalue weighted by Gasteiger charge is -2.39. The molecule has 2 fully saturated rings. The van der Waals surface area contributed by atoms with E-state index in [0.717, 1.165) is 12.5 Å². The Bertz CT molecular complexity index is 619. The summed E-state index contributed by atoms with van der Waals surface area (Å²) in [6, 6.07) is 3.51. The van der Waals surface area contributed by atoms with E-state index >= 15 is 0 Å². The molecule has 1 aliphatic heterocycles. The second-order valence-electron chi connectivity index (χ2n) is 5.12. The second-order valence-corrected chi connectivity index (χ2v) is 6.84. The van der Waals surface area contributed by atoms with Gasteiger partial charge in [-0.2, -0.15) is 0 Å². The van der Waals surface area contributed by atoms with E-state index < -0.39 is 15.8 Å². The first-order chi connectivity index (χ1) is 9.51. The van der Waals surface area contributed by atoms with Crippen molar-refractivity contribution in [1.29, 1.82) is 0 Å². The summed E-state index contributed by atoms with van der Waals surface area (Å²) in [5.41, 5.74) is 0. The molecule has 1 saturated carbocycles. The third-order valence-corrected chi connectivity index (χ3v) is 5.49. The third kappa shape index (κ3) is 2.30. The lowest BCUT2D eigenvalue weighted by atomic mass is 9.77. The molecule has 0 spiro atoms. The molecule has 1 aromatic rings. The quantitative estimate of drug-likeness (QED) is 0.910. The normalized spacial score (nSPS) is 28.8. The smallest absolute Gasteiger partial charge is 0.240 e. The number of sulfonamides is 1. The van der Waals surface area contributed by atoms with Gasteiger partial charge in [-0.3, -0.25) is 0 Å². The summed E-state index contributed by atoms with van der Waals surface area (Å²) in [7, 11) is -2.37. The highest BCUT2D eigenvalue weighted by Gasteiger charge is 2.46. The minimum atomic E-state index is -3.71. The first-order valence-electron chi connectivity index (χ1n) is 6.49. The molecule has 110 valence electrons. The molecule has 1 saturated heterocycles. The van der Waals surface area contributed by atoms with Gasteiger partial charge in [0.15, 0.2) is 11.6 Å². The first kappa shape index (κ1) is 13.8. The van der Waals surface area contributed by atoms with E-state index in [1.54, 1.807) is 0 Å². The van der Waals surface area contributed by atoms with Crippen molar-refractivity contribution in [3.05, 3.63) is 24.0 Å². The highest BCUT2D eigenvalue weighted by atomic mass is 32.2. The van der Waals surface area contributed by atoms with Gasteiger partial charge >= 0.3 is 0 Å². The maximum absolute atomic E-state index is 13.6. The van der Waals surface area contributed by atoms with Crippen LogP contribution < -0.4 is 9.46 Å². The fourth-order valence-corrected chi connectivity index (χ4v) is 4.13. The Labute approximate surface area is 117 Å². The Hall–Kier alpha value is -1.18. The average Bonchev–Trinajstić information content (AvgIpc) is 2.77. The molecule has 1 heterocycles. The molecule has 1 aromatic carbocycles. The van der Waals surface area contributed by atoms with Crippen LogP contribution in [0.5, 0.6) is 5.75 Å². The number of nitrogens with one attached hydrogen (secondary N) is 1. The third-order valence-electron chi connectivity index (χ3n) is 4.00. The maximum Gasteiger partial charge on any atom is 0.240 e. The number of rotatable bonds is 4. The van der Waals surface area contributed by atoms with E-state index in [0.29, 0.717) is 13.0 Å². The number of ether oxygens (including phenoxy) is 2. The second kappa shape index (κ2) is 4.98. The zero-order valence-corrected chi connectivity index (χ0v) is 11.8. The van der Waals surface area contributed by atoms with Gasteiger partial charge in [-0.1, -0.05) is 0 Å². The first-order valence-corrected chi connectivity index (χ1v) is 7.97. The molecule has 0 bridgehead atoms. The fourth-order valence-electron chi connectivity index (χ4n) is 2.81. The standard InChI is InChI=1S/C13H16FNO4S/c1-18-12-3-2-8(6-10(12)14)20(16,17)15-11-7-13-9(11)4-5-19-13/h2-3,6,9,11,13,15H,4-5,7H2,1H3/t9-,11+,13+/m1/s1. The van der Waals surface area contributed by atoms with Crippen LogP contribution in [0.15, 0.2) is 23.1 Å². The van der Waals surface area contributed by atoms with Crippen LogP contribution in [0, 0.1) is 11.7 Å². The zero-order valence-electron chi connectivity index (χ0n) is 11.0. The van der Waals surface area contributed by atoms with Crippen LogP contribution in [0.3, 0.4) is 0 Å². The topological polar surface area (TPSA) is 64.6 Å². The lowest BCUT2D eigenvalue weighted by Crippen LogP contribution is -2.53. The predicted octanol–water partition coefficient (Wildman–Crippen LogP) is 1.29. The number of benzene rings is 1. The predicted molar refractivity (Wildman–Crippen MR) is 69.5 cm³/mol. The highest BCUT2D eigenvalue weighted by Crippen LogP contribution is 2.39. The van der Waals surface area contributed by atoms with Crippen LogP contribution in [0.25, 0.3) is 0 Å². The van der Waals surface area contributed by atoms with Crippen molar-refractivity contribution in [2.45, 2.75) is 29.9 Å². The Morgan fingerprint density at radius 2 is 2.25 bits per heavy atom. The van der Waals surface area contributed by atoms with E-state index in [4.69, 9.17) is 9.47 Å². The molecule has 3 rings (SSSR count). The molecule has 2 aliphatic rings. The highest BCUT2D eigenvalue weighted by molar-refractivity contribution is 7.89. The fraction of sp³-hybridized carbons (Fsp3) is 0.538. The van der Waals surface area contributed by atoms with E-state index in [2.05, 4.69) is 4.72 Å². The van der Waals surface area contributed by atoms with Gasteiger partial charge < -0.3 is 9.47 Å². The van der Waals surface area contributed by atoms with Gasteiger partial charge in [-0.15, -0.1) is 0 Å². The van der Waals surface area contributed by atoms with Crippen molar-refractivity contribution < 1.29 is 22.3 Å². The van der Waals surface area contributed by atoms with Crippen molar-refractivity contribution in [2.24, 2.45) is 5.92 Å². The van der Waals surface area contributed by atoms with Crippen LogP contribution in [0.4, 0.5) is 4.39 Å². The van der Waals surface area contributed by atoms with Crippen LogP contribution in [0.1, 0.15) is 12.8 Å². The number of fused-ring (bicyclic) bond motifs is 1. The monoisotopic (exact) mass is 301 g/mol. The number of hydrogen-bond donors (Lipinski definition) is 1. The van der Waals surface area contributed by atoms with Crippen molar-refractivity contribution in [3.8, 4) is 5.75 Å². The van der Waals surface area contributed by atoms with Gasteiger partial charge in [0.25, 0.3) is 0 Å². The van der Waals surface area contributed by atoms with E-state index in [1.165, 1.54) is 19.2 Å². The Kier molecular flexibility index (Phi) is 3.43.